The summed E-state index contributed by atoms with van der Waals surface area (Å²) in [5, 5.41) is 19.9. The lowest BCUT2D eigenvalue weighted by Crippen LogP contribution is -2.06. The molecule has 0 bridgehead atoms. The van der Waals surface area contributed by atoms with Crippen LogP contribution in [0.25, 0.3) is 21.7 Å². The summed E-state index contributed by atoms with van der Waals surface area (Å²) >= 11 is 0. The molecular weight excluding hydrogens is 384 g/mol. The predicted molar refractivity (Wildman–Crippen MR) is 102 cm³/mol. The third-order valence-electron chi connectivity index (χ3n) is 4.15. The molecule has 0 amide bonds. The number of nitrogens with zero attached hydrogens (tertiary/aromatic N) is 3. The zero-order valence-electron chi connectivity index (χ0n) is 14.1. The van der Waals surface area contributed by atoms with Crippen molar-refractivity contribution in [1.82, 2.24) is 9.97 Å². The molecule has 2 aromatic carbocycles. The van der Waals surface area contributed by atoms with Gasteiger partial charge in [0.05, 0.1) is 16.1 Å². The Balaban J connectivity index is 1.88. The van der Waals surface area contributed by atoms with Crippen molar-refractivity contribution in [3.8, 4) is 5.75 Å². The second-order valence-electron chi connectivity index (χ2n) is 5.91. The van der Waals surface area contributed by atoms with Gasteiger partial charge < -0.3 is 10.1 Å². The molecule has 140 valence electrons. The average molecular weight is 396 g/mol. The lowest BCUT2D eigenvalue weighted by molar-refractivity contribution is 0.480. The minimum atomic E-state index is -4.48. The molecule has 0 saturated carbocycles. The highest BCUT2D eigenvalue weighted by Gasteiger charge is 2.16. The summed E-state index contributed by atoms with van der Waals surface area (Å²) < 4.78 is 31.8. The van der Waals surface area contributed by atoms with Crippen molar-refractivity contribution < 1.29 is 18.1 Å². The molecule has 0 aliphatic carbocycles. The van der Waals surface area contributed by atoms with Gasteiger partial charge in [-0.1, -0.05) is 12.1 Å². The van der Waals surface area contributed by atoms with Crippen molar-refractivity contribution in [2.24, 2.45) is 10.2 Å². The van der Waals surface area contributed by atoms with E-state index in [4.69, 9.17) is 0 Å². The summed E-state index contributed by atoms with van der Waals surface area (Å²) in [6.07, 6.45) is 3.24. The van der Waals surface area contributed by atoms with Gasteiger partial charge in [0.1, 0.15) is 0 Å². The zero-order chi connectivity index (χ0) is 19.9. The molecule has 0 fully saturated rings. The van der Waals surface area contributed by atoms with Crippen LogP contribution in [0.3, 0.4) is 0 Å². The maximum atomic E-state index is 12.3. The van der Waals surface area contributed by atoms with Crippen molar-refractivity contribution in [1.29, 1.82) is 0 Å². The quantitative estimate of drug-likeness (QED) is 0.357. The molecular formula is C18H12N4O5S. The van der Waals surface area contributed by atoms with Crippen molar-refractivity contribution in [3.63, 3.8) is 0 Å². The number of fused-ring (bicyclic) bond motifs is 2. The molecule has 9 nitrogen and oxygen atoms in total. The minimum Gasteiger partial charge on any atom is -0.505 e. The molecule has 0 saturated heterocycles. The smallest absolute Gasteiger partial charge is 0.294 e. The number of nitrogens with one attached hydrogen (secondary N) is 1. The van der Waals surface area contributed by atoms with Crippen LogP contribution in [0.2, 0.25) is 0 Å². The van der Waals surface area contributed by atoms with Crippen LogP contribution in [0.5, 0.6) is 5.75 Å². The van der Waals surface area contributed by atoms with Gasteiger partial charge in [-0.3, -0.25) is 14.3 Å². The molecule has 2 heterocycles. The second kappa shape index (κ2) is 6.51. The zero-order valence-corrected chi connectivity index (χ0v) is 14.9. The van der Waals surface area contributed by atoms with Crippen molar-refractivity contribution in [2.75, 3.05) is 0 Å². The Morgan fingerprint density at radius 3 is 2.64 bits per heavy atom. The number of aromatic hydroxyl groups is 1. The van der Waals surface area contributed by atoms with Gasteiger partial charge >= 0.3 is 0 Å². The molecule has 0 atom stereocenters. The number of benzene rings is 2. The fourth-order valence-corrected chi connectivity index (χ4v) is 3.29. The van der Waals surface area contributed by atoms with Gasteiger partial charge in [0.15, 0.2) is 11.4 Å². The molecule has 10 heteroatoms. The van der Waals surface area contributed by atoms with Crippen LogP contribution < -0.4 is 5.56 Å². The van der Waals surface area contributed by atoms with Crippen LogP contribution in [0.15, 0.2) is 74.8 Å². The van der Waals surface area contributed by atoms with Gasteiger partial charge in [-0.25, -0.2) is 0 Å². The van der Waals surface area contributed by atoms with Gasteiger partial charge in [0, 0.05) is 23.2 Å². The van der Waals surface area contributed by atoms with E-state index in [1.807, 2.05) is 6.07 Å². The molecule has 4 aromatic rings. The number of azo groups is 1. The normalized spacial score (nSPS) is 12.2. The third-order valence-corrected chi connectivity index (χ3v) is 5.00. The number of H-pyrrole nitrogens is 1. The summed E-state index contributed by atoms with van der Waals surface area (Å²) in [4.78, 5) is 18.4. The van der Waals surface area contributed by atoms with Crippen molar-refractivity contribution >= 4 is 43.2 Å². The van der Waals surface area contributed by atoms with Crippen molar-refractivity contribution in [2.45, 2.75) is 4.90 Å². The van der Waals surface area contributed by atoms with E-state index in [1.54, 1.807) is 30.6 Å². The highest BCUT2D eigenvalue weighted by molar-refractivity contribution is 7.85. The molecule has 28 heavy (non-hydrogen) atoms. The van der Waals surface area contributed by atoms with E-state index >= 15 is 0 Å². The van der Waals surface area contributed by atoms with E-state index in [-0.39, 0.29) is 16.6 Å². The monoisotopic (exact) mass is 396 g/mol. The summed E-state index contributed by atoms with van der Waals surface area (Å²) in [5.74, 6) is -0.550. The first-order valence-corrected chi connectivity index (χ1v) is 9.39. The number of aromatic nitrogens is 2. The highest BCUT2D eigenvalue weighted by atomic mass is 32.2. The fourth-order valence-electron chi connectivity index (χ4n) is 2.79. The maximum absolute atomic E-state index is 12.3. The van der Waals surface area contributed by atoms with Crippen LogP contribution >= 0.6 is 0 Å². The molecule has 4 rings (SSSR count). The van der Waals surface area contributed by atoms with Crippen LogP contribution in [0.4, 0.5) is 11.4 Å². The van der Waals surface area contributed by atoms with Crippen LogP contribution in [0.1, 0.15) is 0 Å². The van der Waals surface area contributed by atoms with Crippen molar-refractivity contribution in [3.05, 3.63) is 65.2 Å². The van der Waals surface area contributed by atoms with E-state index in [1.165, 1.54) is 6.07 Å². The lowest BCUT2D eigenvalue weighted by atomic mass is 10.1. The van der Waals surface area contributed by atoms with Crippen LogP contribution in [0, 0.1) is 0 Å². The van der Waals surface area contributed by atoms with E-state index in [0.717, 1.165) is 17.5 Å². The predicted octanol–water partition coefficient (Wildman–Crippen LogP) is 3.44. The molecule has 3 N–H and O–H groups in total. The van der Waals surface area contributed by atoms with Gasteiger partial charge in [0.2, 0.25) is 0 Å². The first-order valence-electron chi connectivity index (χ1n) is 7.95. The van der Waals surface area contributed by atoms with E-state index in [9.17, 15) is 22.9 Å². The largest absolute Gasteiger partial charge is 0.505 e. The standard InChI is InChI=1S/C18H12N4O5S/c23-17-12-8-11(28(25,26)27)4-5-14(12)20-18(24)16(17)22-21-15-3-1-2-10-6-7-19-9-13(10)15/h1-9H,(H2,20,23,24)(H,25,26,27). The minimum absolute atomic E-state index is 0.00302. The Hall–Kier alpha value is -3.63. The molecule has 0 spiro atoms. The van der Waals surface area contributed by atoms with Gasteiger partial charge in [-0.15, -0.1) is 10.2 Å². The average Bonchev–Trinajstić information content (AvgIpc) is 2.67. The summed E-state index contributed by atoms with van der Waals surface area (Å²) in [7, 11) is -4.48. The van der Waals surface area contributed by atoms with Gasteiger partial charge in [-0.05, 0) is 35.7 Å². The van der Waals surface area contributed by atoms with Crippen LogP contribution in [-0.4, -0.2) is 28.0 Å². The highest BCUT2D eigenvalue weighted by Crippen LogP contribution is 2.33. The van der Waals surface area contributed by atoms with E-state index < -0.39 is 26.3 Å². The SMILES string of the molecule is O=c1[nH]c2ccc(S(=O)(=O)O)cc2c(O)c1N=Nc1cccc2ccncc12. The van der Waals surface area contributed by atoms with E-state index in [2.05, 4.69) is 20.2 Å². The molecule has 0 radical (unpaired) electrons. The van der Waals surface area contributed by atoms with Gasteiger partial charge in [-0.2, -0.15) is 8.42 Å². The third kappa shape index (κ3) is 3.10. The summed E-state index contributed by atoms with van der Waals surface area (Å²) in [6, 6.07) is 10.5. The van der Waals surface area contributed by atoms with Gasteiger partial charge in [0.25, 0.3) is 15.7 Å². The first kappa shape index (κ1) is 17.8. The Morgan fingerprint density at radius 2 is 1.86 bits per heavy atom. The molecule has 0 aliphatic heterocycles. The number of hydrogen-bond donors (Lipinski definition) is 3. The van der Waals surface area contributed by atoms with Crippen LogP contribution in [-0.2, 0) is 10.1 Å². The summed E-state index contributed by atoms with van der Waals surface area (Å²) in [6.45, 7) is 0. The maximum Gasteiger partial charge on any atom is 0.294 e. The number of aromatic amines is 1. The number of rotatable bonds is 3. The Kier molecular flexibility index (Phi) is 4.13. The fraction of sp³-hybridized carbons (Fsp3) is 0. The Labute approximate surface area is 157 Å². The Bertz CT molecular complexity index is 1420. The molecule has 0 unspecified atom stereocenters. The number of pyridine rings is 2. The topological polar surface area (TPSA) is 145 Å². The second-order valence-corrected chi connectivity index (χ2v) is 7.33. The first-order chi connectivity index (χ1) is 13.3. The summed E-state index contributed by atoms with van der Waals surface area (Å²) in [5.41, 5.74) is -0.466. The van der Waals surface area contributed by atoms with E-state index in [0.29, 0.717) is 11.1 Å². The molecule has 0 aliphatic rings. The Morgan fingerprint density at radius 1 is 1.04 bits per heavy atom. The number of hydrogen-bond acceptors (Lipinski definition) is 7. The molecule has 2 aromatic heterocycles. The lowest BCUT2D eigenvalue weighted by Gasteiger charge is -2.05.